The fraction of sp³-hybridized carbons (Fsp3) is 0.167. The average Bonchev–Trinajstić information content (AvgIpc) is 2.59. The van der Waals surface area contributed by atoms with Crippen LogP contribution in [-0.4, -0.2) is 15.7 Å². The monoisotopic (exact) mass is 230 g/mol. The summed E-state index contributed by atoms with van der Waals surface area (Å²) in [5, 5.41) is 7.00. The minimum atomic E-state index is -0.0988. The van der Waals surface area contributed by atoms with E-state index in [1.807, 2.05) is 31.2 Å². The molecule has 0 saturated heterocycles. The number of aromatic nitrogens is 2. The van der Waals surface area contributed by atoms with E-state index in [1.54, 1.807) is 10.9 Å². The largest absolute Gasteiger partial charge is 0.396 e. The lowest BCUT2D eigenvalue weighted by atomic mass is 10.3. The maximum absolute atomic E-state index is 11.0. The molecule has 1 heterocycles. The number of nitrogens with two attached hydrogens (primary N) is 1. The average molecular weight is 230 g/mol. The molecule has 0 spiro atoms. The fourth-order valence-corrected chi connectivity index (χ4v) is 1.54. The van der Waals surface area contributed by atoms with Gasteiger partial charge in [0.25, 0.3) is 0 Å². The van der Waals surface area contributed by atoms with Crippen molar-refractivity contribution in [2.24, 2.45) is 0 Å². The number of benzene rings is 1. The van der Waals surface area contributed by atoms with E-state index >= 15 is 0 Å². The zero-order valence-corrected chi connectivity index (χ0v) is 9.77. The highest BCUT2D eigenvalue weighted by Crippen LogP contribution is 2.17. The number of carbonyl (C=O) groups excluding carboxylic acids is 1. The highest BCUT2D eigenvalue weighted by atomic mass is 16.1. The molecule has 2 rings (SSSR count). The molecule has 0 radical (unpaired) electrons. The summed E-state index contributed by atoms with van der Waals surface area (Å²) in [5.41, 5.74) is 8.77. The molecule has 0 aliphatic carbocycles. The van der Waals surface area contributed by atoms with E-state index in [4.69, 9.17) is 5.73 Å². The summed E-state index contributed by atoms with van der Waals surface area (Å²) in [6.45, 7) is 3.33. The lowest BCUT2D eigenvalue weighted by Crippen LogP contribution is -2.06. The number of hydrogen-bond acceptors (Lipinski definition) is 3. The first-order chi connectivity index (χ1) is 8.06. The summed E-state index contributed by atoms with van der Waals surface area (Å²) in [6, 6.07) is 7.42. The maximum atomic E-state index is 11.0. The van der Waals surface area contributed by atoms with Crippen molar-refractivity contribution in [3.63, 3.8) is 0 Å². The summed E-state index contributed by atoms with van der Waals surface area (Å²) >= 11 is 0. The van der Waals surface area contributed by atoms with Gasteiger partial charge in [0.2, 0.25) is 5.91 Å². The first-order valence-electron chi connectivity index (χ1n) is 5.26. The van der Waals surface area contributed by atoms with Crippen LogP contribution in [0.2, 0.25) is 0 Å². The van der Waals surface area contributed by atoms with Crippen molar-refractivity contribution in [3.05, 3.63) is 36.2 Å². The van der Waals surface area contributed by atoms with E-state index in [9.17, 15) is 4.79 Å². The Hall–Kier alpha value is -2.30. The van der Waals surface area contributed by atoms with E-state index in [1.165, 1.54) is 6.92 Å². The number of nitrogen functional groups attached to an aromatic ring is 1. The molecule has 0 aliphatic rings. The normalized spacial score (nSPS) is 10.2. The molecule has 0 aliphatic heterocycles. The second-order valence-corrected chi connectivity index (χ2v) is 3.85. The van der Waals surface area contributed by atoms with E-state index < -0.39 is 0 Å². The molecule has 88 valence electrons. The minimum absolute atomic E-state index is 0.0988. The van der Waals surface area contributed by atoms with Crippen LogP contribution in [0.3, 0.4) is 0 Å². The molecule has 2 aromatic rings. The Balaban J connectivity index is 2.35. The number of aryl methyl sites for hydroxylation is 1. The van der Waals surface area contributed by atoms with Crippen LogP contribution >= 0.6 is 0 Å². The van der Waals surface area contributed by atoms with Crippen LogP contribution in [0.5, 0.6) is 0 Å². The van der Waals surface area contributed by atoms with E-state index in [0.717, 1.165) is 17.1 Å². The Bertz CT molecular complexity index is 540. The zero-order chi connectivity index (χ0) is 12.4. The third kappa shape index (κ3) is 2.44. The SMILES string of the molecule is CC(=O)Nc1cccc(-n2cc(N)c(C)n2)c1. The molecule has 0 saturated carbocycles. The zero-order valence-electron chi connectivity index (χ0n) is 9.77. The van der Waals surface area contributed by atoms with Crippen LogP contribution in [0.15, 0.2) is 30.5 Å². The van der Waals surface area contributed by atoms with Crippen molar-refractivity contribution in [3.8, 4) is 5.69 Å². The Morgan fingerprint density at radius 3 is 2.82 bits per heavy atom. The van der Waals surface area contributed by atoms with Crippen LogP contribution in [-0.2, 0) is 4.79 Å². The van der Waals surface area contributed by atoms with E-state index in [-0.39, 0.29) is 5.91 Å². The lowest BCUT2D eigenvalue weighted by Gasteiger charge is -2.05. The van der Waals surface area contributed by atoms with Crippen molar-refractivity contribution in [2.75, 3.05) is 11.1 Å². The van der Waals surface area contributed by atoms with Crippen molar-refractivity contribution in [1.82, 2.24) is 9.78 Å². The third-order valence-electron chi connectivity index (χ3n) is 2.37. The van der Waals surface area contributed by atoms with Crippen molar-refractivity contribution in [1.29, 1.82) is 0 Å². The molecule has 0 bridgehead atoms. The van der Waals surface area contributed by atoms with Gasteiger partial charge in [-0.15, -0.1) is 0 Å². The highest BCUT2D eigenvalue weighted by Gasteiger charge is 2.04. The lowest BCUT2D eigenvalue weighted by molar-refractivity contribution is -0.114. The molecule has 17 heavy (non-hydrogen) atoms. The number of hydrogen-bond donors (Lipinski definition) is 2. The summed E-state index contributed by atoms with van der Waals surface area (Å²) < 4.78 is 1.69. The second-order valence-electron chi connectivity index (χ2n) is 3.85. The standard InChI is InChI=1S/C12H14N4O/c1-8-12(13)7-16(15-8)11-5-3-4-10(6-11)14-9(2)17/h3-7H,13H2,1-2H3,(H,14,17). The molecular weight excluding hydrogens is 216 g/mol. The molecule has 5 heteroatoms. The van der Waals surface area contributed by atoms with Gasteiger partial charge in [-0.25, -0.2) is 4.68 Å². The quantitative estimate of drug-likeness (QED) is 0.825. The van der Waals surface area contributed by atoms with Gasteiger partial charge in [0.05, 0.1) is 23.3 Å². The van der Waals surface area contributed by atoms with Gasteiger partial charge in [-0.1, -0.05) is 6.07 Å². The predicted octanol–water partition coefficient (Wildman–Crippen LogP) is 1.72. The van der Waals surface area contributed by atoms with Gasteiger partial charge in [-0.2, -0.15) is 5.10 Å². The summed E-state index contributed by atoms with van der Waals surface area (Å²) in [7, 11) is 0. The van der Waals surface area contributed by atoms with Gasteiger partial charge in [0.15, 0.2) is 0 Å². The Morgan fingerprint density at radius 2 is 2.24 bits per heavy atom. The number of carbonyl (C=O) groups is 1. The fourth-order valence-electron chi connectivity index (χ4n) is 1.54. The van der Waals surface area contributed by atoms with Gasteiger partial charge in [-0.3, -0.25) is 4.79 Å². The van der Waals surface area contributed by atoms with Gasteiger partial charge in [-0.05, 0) is 25.1 Å². The van der Waals surface area contributed by atoms with E-state index in [2.05, 4.69) is 10.4 Å². The topological polar surface area (TPSA) is 72.9 Å². The molecule has 5 nitrogen and oxygen atoms in total. The number of nitrogens with zero attached hydrogens (tertiary/aromatic N) is 2. The third-order valence-corrected chi connectivity index (χ3v) is 2.37. The van der Waals surface area contributed by atoms with Crippen LogP contribution in [0.4, 0.5) is 11.4 Å². The van der Waals surface area contributed by atoms with Crippen LogP contribution < -0.4 is 11.1 Å². The van der Waals surface area contributed by atoms with E-state index in [0.29, 0.717) is 5.69 Å². The van der Waals surface area contributed by atoms with Gasteiger partial charge < -0.3 is 11.1 Å². The number of nitrogens with one attached hydrogen (secondary N) is 1. The minimum Gasteiger partial charge on any atom is -0.396 e. The molecule has 3 N–H and O–H groups in total. The molecular formula is C12H14N4O. The number of anilines is 2. The van der Waals surface area contributed by atoms with Gasteiger partial charge in [0.1, 0.15) is 0 Å². The first kappa shape index (κ1) is 11.2. The first-order valence-corrected chi connectivity index (χ1v) is 5.26. The maximum Gasteiger partial charge on any atom is 0.221 e. The molecule has 0 atom stereocenters. The number of amides is 1. The summed E-state index contributed by atoms with van der Waals surface area (Å²) in [5.74, 6) is -0.0988. The van der Waals surface area contributed by atoms with Crippen molar-refractivity contribution < 1.29 is 4.79 Å². The summed E-state index contributed by atoms with van der Waals surface area (Å²) in [4.78, 5) is 11.0. The predicted molar refractivity (Wildman–Crippen MR) is 67.0 cm³/mol. The number of rotatable bonds is 2. The van der Waals surface area contributed by atoms with Crippen LogP contribution in [0, 0.1) is 6.92 Å². The molecule has 1 aromatic carbocycles. The molecule has 0 fully saturated rings. The Morgan fingerprint density at radius 1 is 1.47 bits per heavy atom. The van der Waals surface area contributed by atoms with Gasteiger partial charge in [0, 0.05) is 12.6 Å². The highest BCUT2D eigenvalue weighted by molar-refractivity contribution is 5.88. The van der Waals surface area contributed by atoms with Gasteiger partial charge >= 0.3 is 0 Å². The van der Waals surface area contributed by atoms with Crippen molar-refractivity contribution >= 4 is 17.3 Å². The molecule has 1 amide bonds. The van der Waals surface area contributed by atoms with Crippen LogP contribution in [0.1, 0.15) is 12.6 Å². The Labute approximate surface area is 99.2 Å². The van der Waals surface area contributed by atoms with Crippen molar-refractivity contribution in [2.45, 2.75) is 13.8 Å². The molecule has 1 aromatic heterocycles. The Kier molecular flexibility index (Phi) is 2.82. The smallest absolute Gasteiger partial charge is 0.221 e. The summed E-state index contributed by atoms with van der Waals surface area (Å²) in [6.07, 6.45) is 1.75. The van der Waals surface area contributed by atoms with Crippen LogP contribution in [0.25, 0.3) is 5.69 Å². The second kappa shape index (κ2) is 4.29. The molecule has 0 unspecified atom stereocenters.